The molecule has 0 saturated carbocycles. The number of hydrogen-bond donors (Lipinski definition) is 2. The first kappa shape index (κ1) is 21.7. The Hall–Kier alpha value is -2.04. The van der Waals surface area contributed by atoms with Crippen LogP contribution in [-0.4, -0.2) is 39.9 Å². The minimum absolute atomic E-state index is 0.0459. The molecule has 0 aliphatic rings. The molecule has 2 aromatic heterocycles. The molecule has 9 heteroatoms. The number of amides is 1. The van der Waals surface area contributed by atoms with Crippen LogP contribution in [0.4, 0.5) is 0 Å². The molecule has 6 nitrogen and oxygen atoms in total. The lowest BCUT2D eigenvalue weighted by Gasteiger charge is -2.24. The number of benzene rings is 1. The van der Waals surface area contributed by atoms with E-state index in [4.69, 9.17) is 0 Å². The van der Waals surface area contributed by atoms with Crippen molar-refractivity contribution in [1.82, 2.24) is 14.9 Å². The largest absolute Gasteiger partial charge is 0.350 e. The van der Waals surface area contributed by atoms with Gasteiger partial charge >= 0.3 is 0 Å². The first-order valence-corrected chi connectivity index (χ1v) is 12.3. The van der Waals surface area contributed by atoms with Gasteiger partial charge < -0.3 is 10.2 Å². The summed E-state index contributed by atoms with van der Waals surface area (Å²) in [6, 6.07) is 11.9. The monoisotopic (exact) mass is 449 g/mol. The van der Waals surface area contributed by atoms with Gasteiger partial charge in [-0.3, -0.25) is 4.79 Å². The van der Waals surface area contributed by atoms with Crippen LogP contribution in [0.1, 0.15) is 26.8 Å². The fraction of sp³-hybridized carbons (Fsp3) is 0.250. The average molecular weight is 450 g/mol. The summed E-state index contributed by atoms with van der Waals surface area (Å²) in [6.45, 7) is 0.651. The zero-order chi connectivity index (χ0) is 20.9. The number of carbonyl (C=O) groups is 1. The Kier molecular flexibility index (Phi) is 7.20. The average Bonchev–Trinajstić information content (AvgIpc) is 3.40. The van der Waals surface area contributed by atoms with Gasteiger partial charge in [0.05, 0.1) is 10.9 Å². The topological polar surface area (TPSA) is 78.5 Å². The molecule has 0 radical (unpaired) electrons. The maximum atomic E-state index is 12.6. The third kappa shape index (κ3) is 5.74. The molecule has 0 spiro atoms. The fourth-order valence-electron chi connectivity index (χ4n) is 2.82. The van der Waals surface area contributed by atoms with E-state index in [1.54, 1.807) is 23.5 Å². The number of hydrogen-bond acceptors (Lipinski definition) is 6. The Bertz CT molecular complexity index is 1030. The van der Waals surface area contributed by atoms with Crippen LogP contribution in [0.5, 0.6) is 0 Å². The summed E-state index contributed by atoms with van der Waals surface area (Å²) in [4.78, 5) is 15.7. The van der Waals surface area contributed by atoms with Crippen LogP contribution >= 0.6 is 22.7 Å². The molecule has 1 aromatic carbocycles. The van der Waals surface area contributed by atoms with E-state index in [0.717, 1.165) is 10.4 Å². The highest BCUT2D eigenvalue weighted by atomic mass is 32.2. The van der Waals surface area contributed by atoms with Crippen LogP contribution < -0.4 is 10.0 Å². The van der Waals surface area contributed by atoms with Gasteiger partial charge in [0.15, 0.2) is 0 Å². The zero-order valence-corrected chi connectivity index (χ0v) is 18.6. The van der Waals surface area contributed by atoms with Crippen molar-refractivity contribution < 1.29 is 13.2 Å². The van der Waals surface area contributed by atoms with Gasteiger partial charge in [-0.1, -0.05) is 12.1 Å². The van der Waals surface area contributed by atoms with Crippen molar-refractivity contribution >= 4 is 38.6 Å². The summed E-state index contributed by atoms with van der Waals surface area (Å²) in [5.41, 5.74) is 1.45. The van der Waals surface area contributed by atoms with Crippen molar-refractivity contribution in [1.29, 1.82) is 0 Å². The molecule has 0 aliphatic carbocycles. The van der Waals surface area contributed by atoms with E-state index in [-0.39, 0.29) is 23.4 Å². The summed E-state index contributed by atoms with van der Waals surface area (Å²) in [5.74, 6) is -0.303. The molecule has 0 bridgehead atoms. The third-order valence-electron chi connectivity index (χ3n) is 4.43. The lowest BCUT2D eigenvalue weighted by atomic mass is 10.1. The Morgan fingerprint density at radius 3 is 2.62 bits per heavy atom. The minimum Gasteiger partial charge on any atom is -0.350 e. The molecule has 2 heterocycles. The zero-order valence-electron chi connectivity index (χ0n) is 16.2. The molecular formula is C20H23N3O3S3. The van der Waals surface area contributed by atoms with E-state index in [2.05, 4.69) is 15.4 Å². The van der Waals surface area contributed by atoms with Gasteiger partial charge in [-0.2, -0.15) is 11.3 Å². The van der Waals surface area contributed by atoms with Crippen molar-refractivity contribution in [3.8, 4) is 0 Å². The smallest absolute Gasteiger partial charge is 0.251 e. The predicted octanol–water partition coefficient (Wildman–Crippen LogP) is 3.32. The fourth-order valence-corrected chi connectivity index (χ4v) is 5.32. The second-order valence-corrected chi connectivity index (χ2v) is 10.3. The van der Waals surface area contributed by atoms with Gasteiger partial charge in [0, 0.05) is 23.5 Å². The number of sulfonamides is 1. The van der Waals surface area contributed by atoms with Crippen LogP contribution in [0.2, 0.25) is 0 Å². The van der Waals surface area contributed by atoms with Gasteiger partial charge in [-0.05, 0) is 66.1 Å². The van der Waals surface area contributed by atoms with E-state index in [1.807, 2.05) is 48.0 Å². The molecule has 154 valence electrons. The standard InChI is InChI=1S/C20H23N3O3S3/c1-23(2)19(16-8-10-27-14-16)13-21-20(24)15-5-3-7-18(11-15)29(25,26)22-12-17-6-4-9-28-17/h3-11,14,19,22H,12-13H2,1-2H3,(H,21,24). The molecule has 1 atom stereocenters. The highest BCUT2D eigenvalue weighted by Crippen LogP contribution is 2.20. The van der Waals surface area contributed by atoms with Crippen LogP contribution in [0.15, 0.2) is 63.5 Å². The van der Waals surface area contributed by atoms with Gasteiger partial charge in [-0.25, -0.2) is 13.1 Å². The van der Waals surface area contributed by atoms with Crippen molar-refractivity contribution in [2.24, 2.45) is 0 Å². The quantitative estimate of drug-likeness (QED) is 0.525. The SMILES string of the molecule is CN(C)C(CNC(=O)c1cccc(S(=O)(=O)NCc2cccs2)c1)c1ccsc1. The van der Waals surface area contributed by atoms with Crippen LogP contribution in [0.3, 0.4) is 0 Å². The van der Waals surface area contributed by atoms with Crippen molar-refractivity contribution in [3.05, 3.63) is 74.6 Å². The van der Waals surface area contributed by atoms with Crippen molar-refractivity contribution in [2.45, 2.75) is 17.5 Å². The second-order valence-electron chi connectivity index (χ2n) is 6.68. The third-order valence-corrected chi connectivity index (χ3v) is 7.41. The molecule has 0 fully saturated rings. The van der Waals surface area contributed by atoms with Gasteiger partial charge in [-0.15, -0.1) is 11.3 Å². The number of carbonyl (C=O) groups excluding carboxylic acids is 1. The maximum Gasteiger partial charge on any atom is 0.251 e. The minimum atomic E-state index is -3.70. The molecule has 2 N–H and O–H groups in total. The molecule has 0 saturated heterocycles. The van der Waals surface area contributed by atoms with E-state index >= 15 is 0 Å². The Balaban J connectivity index is 1.67. The molecule has 3 aromatic rings. The summed E-state index contributed by atoms with van der Waals surface area (Å²) in [7, 11) is 0.216. The number of likely N-dealkylation sites (N-methyl/N-ethyl adjacent to an activating group) is 1. The number of thiophene rings is 2. The number of nitrogens with one attached hydrogen (secondary N) is 2. The highest BCUT2D eigenvalue weighted by molar-refractivity contribution is 7.89. The number of rotatable bonds is 9. The second kappa shape index (κ2) is 9.64. The van der Waals surface area contributed by atoms with Gasteiger partial charge in [0.2, 0.25) is 10.0 Å². The Labute approximate surface area is 179 Å². The molecule has 0 aliphatic heterocycles. The molecular weight excluding hydrogens is 426 g/mol. The molecule has 29 heavy (non-hydrogen) atoms. The molecule has 1 unspecified atom stereocenters. The van der Waals surface area contributed by atoms with Crippen LogP contribution in [0, 0.1) is 0 Å². The summed E-state index contributed by atoms with van der Waals surface area (Å²) in [5, 5.41) is 8.87. The van der Waals surface area contributed by atoms with Gasteiger partial charge in [0.25, 0.3) is 5.91 Å². The van der Waals surface area contributed by atoms with E-state index in [1.165, 1.54) is 23.5 Å². The predicted molar refractivity (Wildman–Crippen MR) is 118 cm³/mol. The van der Waals surface area contributed by atoms with Crippen molar-refractivity contribution in [3.63, 3.8) is 0 Å². The van der Waals surface area contributed by atoms with Gasteiger partial charge in [0.1, 0.15) is 0 Å². The molecule has 1 amide bonds. The Morgan fingerprint density at radius 2 is 1.97 bits per heavy atom. The van der Waals surface area contributed by atoms with E-state index in [0.29, 0.717) is 12.1 Å². The summed E-state index contributed by atoms with van der Waals surface area (Å²) < 4.78 is 27.7. The highest BCUT2D eigenvalue weighted by Gasteiger charge is 2.19. The van der Waals surface area contributed by atoms with E-state index in [9.17, 15) is 13.2 Å². The Morgan fingerprint density at radius 1 is 1.14 bits per heavy atom. The normalized spacial score (nSPS) is 12.8. The van der Waals surface area contributed by atoms with E-state index < -0.39 is 10.0 Å². The maximum absolute atomic E-state index is 12.6. The first-order valence-electron chi connectivity index (χ1n) is 8.95. The lowest BCUT2D eigenvalue weighted by Crippen LogP contribution is -2.34. The molecule has 3 rings (SSSR count). The summed E-state index contributed by atoms with van der Waals surface area (Å²) in [6.07, 6.45) is 0. The van der Waals surface area contributed by atoms with Crippen LogP contribution in [0.25, 0.3) is 0 Å². The lowest BCUT2D eigenvalue weighted by molar-refractivity contribution is 0.0941. The first-order chi connectivity index (χ1) is 13.9. The van der Waals surface area contributed by atoms with Crippen molar-refractivity contribution in [2.75, 3.05) is 20.6 Å². The number of nitrogens with zero attached hydrogens (tertiary/aromatic N) is 1. The summed E-state index contributed by atoms with van der Waals surface area (Å²) >= 11 is 3.09. The van der Waals surface area contributed by atoms with Crippen LogP contribution in [-0.2, 0) is 16.6 Å².